The van der Waals surface area contributed by atoms with Gasteiger partial charge in [-0.15, -0.1) is 0 Å². The van der Waals surface area contributed by atoms with Crippen LogP contribution in [0.2, 0.25) is 0 Å². The topological polar surface area (TPSA) is 55.4 Å². The van der Waals surface area contributed by atoms with E-state index in [-0.39, 0.29) is 0 Å². The van der Waals surface area contributed by atoms with Gasteiger partial charge in [-0.25, -0.2) is 8.42 Å². The minimum atomic E-state index is -3.08. The molecule has 20 heavy (non-hydrogen) atoms. The molecule has 0 saturated heterocycles. The highest BCUT2D eigenvalue weighted by atomic mass is 79.9. The number of nitrogens with one attached hydrogen (secondary N) is 1. The van der Waals surface area contributed by atoms with Gasteiger partial charge in [-0.1, -0.05) is 0 Å². The maximum Gasteiger partial charge on any atom is 0.153 e. The van der Waals surface area contributed by atoms with Crippen molar-refractivity contribution in [3.05, 3.63) is 26.6 Å². The Hall–Kier alpha value is -0.110. The van der Waals surface area contributed by atoms with Crippen molar-refractivity contribution >= 4 is 41.7 Å². The summed E-state index contributed by atoms with van der Waals surface area (Å²) in [6.45, 7) is 4.41. The Morgan fingerprint density at radius 3 is 2.15 bits per heavy atom. The van der Waals surface area contributed by atoms with Gasteiger partial charge in [0.2, 0.25) is 0 Å². The quantitative estimate of drug-likeness (QED) is 0.756. The van der Waals surface area contributed by atoms with Gasteiger partial charge < -0.3 is 10.1 Å². The summed E-state index contributed by atoms with van der Waals surface area (Å²) in [7, 11) is -1.48. The molecular formula is C13H19Br2NO3S. The molecule has 1 aromatic rings. The zero-order valence-electron chi connectivity index (χ0n) is 12.0. The molecule has 114 valence electrons. The number of hydrogen-bond acceptors (Lipinski definition) is 4. The molecule has 1 aromatic carbocycles. The molecule has 1 N–H and O–H groups in total. The number of rotatable bonds is 6. The fourth-order valence-electron chi connectivity index (χ4n) is 1.55. The number of halogens is 2. The van der Waals surface area contributed by atoms with Gasteiger partial charge in [0.05, 0.1) is 20.8 Å². The third-order valence-corrected chi connectivity index (χ3v) is 6.48. The van der Waals surface area contributed by atoms with E-state index < -0.39 is 14.6 Å². The van der Waals surface area contributed by atoms with Crippen LogP contribution < -0.4 is 10.1 Å². The standard InChI is InChI=1S/C13H19Br2NO3S/c1-13(2,20(4,17)18)8-16-7-9-5-10(14)12(19-3)11(15)6-9/h5-6,16H,7-8H2,1-4H3. The van der Waals surface area contributed by atoms with Crippen LogP contribution in [0, 0.1) is 0 Å². The summed E-state index contributed by atoms with van der Waals surface area (Å²) in [6, 6.07) is 3.90. The van der Waals surface area contributed by atoms with Gasteiger partial charge in [-0.2, -0.15) is 0 Å². The lowest BCUT2D eigenvalue weighted by Crippen LogP contribution is -2.41. The number of ether oxygens (including phenoxy) is 1. The smallest absolute Gasteiger partial charge is 0.153 e. The van der Waals surface area contributed by atoms with E-state index in [1.54, 1.807) is 21.0 Å². The lowest BCUT2D eigenvalue weighted by molar-refractivity contribution is 0.409. The number of hydrogen-bond donors (Lipinski definition) is 1. The lowest BCUT2D eigenvalue weighted by Gasteiger charge is -2.23. The summed E-state index contributed by atoms with van der Waals surface area (Å²) in [5.74, 6) is 0.741. The van der Waals surface area contributed by atoms with Crippen LogP contribution in [0.3, 0.4) is 0 Å². The Bertz CT molecular complexity index is 562. The van der Waals surface area contributed by atoms with Crippen molar-refractivity contribution in [1.82, 2.24) is 5.32 Å². The molecule has 0 atom stereocenters. The monoisotopic (exact) mass is 427 g/mol. The summed E-state index contributed by atoms with van der Waals surface area (Å²) in [6.07, 6.45) is 1.26. The van der Waals surface area contributed by atoms with Crippen LogP contribution in [-0.2, 0) is 16.4 Å². The van der Waals surface area contributed by atoms with Crippen LogP contribution in [0.5, 0.6) is 5.75 Å². The summed E-state index contributed by atoms with van der Waals surface area (Å²) in [5, 5.41) is 3.18. The molecule has 1 rings (SSSR count). The molecule has 0 saturated carbocycles. The Balaban J connectivity index is 2.73. The van der Waals surface area contributed by atoms with Gasteiger partial charge in [0.25, 0.3) is 0 Å². The van der Waals surface area contributed by atoms with Crippen LogP contribution in [0.4, 0.5) is 0 Å². The molecule has 7 heteroatoms. The molecule has 0 unspecified atom stereocenters. The Kier molecular flexibility index (Phi) is 6.07. The molecule has 0 bridgehead atoms. The van der Waals surface area contributed by atoms with Gasteiger partial charge in [0.15, 0.2) is 9.84 Å². The number of sulfone groups is 1. The Morgan fingerprint density at radius 2 is 1.75 bits per heavy atom. The van der Waals surface area contributed by atoms with Gasteiger partial charge in [0.1, 0.15) is 5.75 Å². The predicted octanol–water partition coefficient (Wildman–Crippen LogP) is 3.13. The predicted molar refractivity (Wildman–Crippen MR) is 89.0 cm³/mol. The van der Waals surface area contributed by atoms with Gasteiger partial charge >= 0.3 is 0 Å². The average molecular weight is 429 g/mol. The minimum Gasteiger partial charge on any atom is -0.494 e. The van der Waals surface area contributed by atoms with E-state index in [0.717, 1.165) is 20.3 Å². The maximum absolute atomic E-state index is 11.6. The Morgan fingerprint density at radius 1 is 1.25 bits per heavy atom. The minimum absolute atomic E-state index is 0.396. The second kappa shape index (κ2) is 6.77. The molecule has 0 aliphatic heterocycles. The molecule has 0 radical (unpaired) electrons. The summed E-state index contributed by atoms with van der Waals surface area (Å²) >= 11 is 6.89. The van der Waals surface area contributed by atoms with Crippen molar-refractivity contribution in [2.24, 2.45) is 0 Å². The summed E-state index contributed by atoms with van der Waals surface area (Å²) in [5.41, 5.74) is 1.04. The SMILES string of the molecule is COc1c(Br)cc(CNCC(C)(C)S(C)(=O)=O)cc1Br. The van der Waals surface area contributed by atoms with E-state index in [2.05, 4.69) is 37.2 Å². The highest BCUT2D eigenvalue weighted by Gasteiger charge is 2.29. The molecule has 0 aliphatic carbocycles. The van der Waals surface area contributed by atoms with Crippen LogP contribution in [0.1, 0.15) is 19.4 Å². The number of methoxy groups -OCH3 is 1. The van der Waals surface area contributed by atoms with E-state index in [0.29, 0.717) is 13.1 Å². The molecule has 0 heterocycles. The van der Waals surface area contributed by atoms with Crippen molar-refractivity contribution in [2.45, 2.75) is 25.1 Å². The molecule has 0 aromatic heterocycles. The zero-order chi connectivity index (χ0) is 15.6. The normalized spacial score (nSPS) is 12.5. The summed E-state index contributed by atoms with van der Waals surface area (Å²) in [4.78, 5) is 0. The number of benzene rings is 1. The van der Waals surface area contributed by atoms with Crippen LogP contribution in [0.25, 0.3) is 0 Å². The van der Waals surface area contributed by atoms with E-state index in [9.17, 15) is 8.42 Å². The second-order valence-corrected chi connectivity index (χ2v) is 9.59. The Labute approximate surface area is 137 Å². The van der Waals surface area contributed by atoms with Crippen LogP contribution >= 0.6 is 31.9 Å². The van der Waals surface area contributed by atoms with E-state index in [4.69, 9.17) is 4.74 Å². The van der Waals surface area contributed by atoms with Crippen molar-refractivity contribution in [1.29, 1.82) is 0 Å². The van der Waals surface area contributed by atoms with Crippen molar-refractivity contribution < 1.29 is 13.2 Å². The average Bonchev–Trinajstić information content (AvgIpc) is 2.26. The van der Waals surface area contributed by atoms with Crippen molar-refractivity contribution in [2.75, 3.05) is 19.9 Å². The first-order valence-electron chi connectivity index (χ1n) is 6.00. The third-order valence-electron chi connectivity index (χ3n) is 3.15. The van der Waals surface area contributed by atoms with Crippen LogP contribution in [-0.4, -0.2) is 33.1 Å². The van der Waals surface area contributed by atoms with Gasteiger partial charge in [-0.05, 0) is 63.4 Å². The van der Waals surface area contributed by atoms with Gasteiger partial charge in [0, 0.05) is 19.3 Å². The second-order valence-electron chi connectivity index (χ2n) is 5.23. The molecule has 0 aliphatic rings. The molecule has 4 nitrogen and oxygen atoms in total. The van der Waals surface area contributed by atoms with Crippen LogP contribution in [0.15, 0.2) is 21.1 Å². The maximum atomic E-state index is 11.6. The fourth-order valence-corrected chi connectivity index (χ4v) is 3.52. The van der Waals surface area contributed by atoms with E-state index in [1.165, 1.54) is 6.26 Å². The molecular weight excluding hydrogens is 410 g/mol. The first-order valence-corrected chi connectivity index (χ1v) is 9.48. The lowest BCUT2D eigenvalue weighted by atomic mass is 10.2. The zero-order valence-corrected chi connectivity index (χ0v) is 15.9. The fraction of sp³-hybridized carbons (Fsp3) is 0.538. The highest BCUT2D eigenvalue weighted by molar-refractivity contribution is 9.11. The third kappa shape index (κ3) is 4.44. The van der Waals surface area contributed by atoms with E-state index in [1.807, 2.05) is 12.1 Å². The van der Waals surface area contributed by atoms with E-state index >= 15 is 0 Å². The van der Waals surface area contributed by atoms with Crippen molar-refractivity contribution in [3.63, 3.8) is 0 Å². The first kappa shape index (κ1) is 17.9. The van der Waals surface area contributed by atoms with Crippen molar-refractivity contribution in [3.8, 4) is 5.75 Å². The summed E-state index contributed by atoms with van der Waals surface area (Å²) < 4.78 is 29.4. The first-order chi connectivity index (χ1) is 9.08. The largest absolute Gasteiger partial charge is 0.494 e. The molecule has 0 spiro atoms. The molecule has 0 amide bonds. The van der Waals surface area contributed by atoms with Gasteiger partial charge in [-0.3, -0.25) is 0 Å². The highest BCUT2D eigenvalue weighted by Crippen LogP contribution is 2.34. The molecule has 0 fully saturated rings.